The van der Waals surface area contributed by atoms with Gasteiger partial charge in [-0.2, -0.15) is 0 Å². The van der Waals surface area contributed by atoms with E-state index in [1.54, 1.807) is 0 Å². The third kappa shape index (κ3) is 4.05. The van der Waals surface area contributed by atoms with Gasteiger partial charge in [0, 0.05) is 18.1 Å². The number of benzene rings is 2. The molecule has 2 N–H and O–H groups in total. The maximum Gasteiger partial charge on any atom is 0.258 e. The van der Waals surface area contributed by atoms with Crippen LogP contribution in [0.4, 0.5) is 30.5 Å². The van der Waals surface area contributed by atoms with Crippen LogP contribution in [0.3, 0.4) is 0 Å². The summed E-state index contributed by atoms with van der Waals surface area (Å²) in [4.78, 5) is 20.2. The maximum absolute atomic E-state index is 13.6. The minimum Gasteiger partial charge on any atom is -0.324 e. The fourth-order valence-electron chi connectivity index (χ4n) is 2.40. The summed E-state index contributed by atoms with van der Waals surface area (Å²) >= 11 is 0. The number of nitrogens with zero attached hydrogens (tertiary/aromatic N) is 2. The van der Waals surface area contributed by atoms with Gasteiger partial charge in [0.1, 0.15) is 0 Å². The lowest BCUT2D eigenvalue weighted by atomic mass is 10.1. The highest BCUT2D eigenvalue weighted by Crippen LogP contribution is 2.21. The Morgan fingerprint density at radius 3 is 2.26 bits per heavy atom. The molecule has 0 bridgehead atoms. The molecule has 2 aromatic carbocycles. The molecule has 0 aliphatic heterocycles. The molecule has 1 aromatic heterocycles. The molecule has 0 spiro atoms. The van der Waals surface area contributed by atoms with Gasteiger partial charge in [-0.15, -0.1) is 0 Å². The van der Waals surface area contributed by atoms with Crippen molar-refractivity contribution < 1.29 is 18.0 Å². The highest BCUT2D eigenvalue weighted by molar-refractivity contribution is 6.04. The van der Waals surface area contributed by atoms with Crippen molar-refractivity contribution in [1.82, 2.24) is 9.97 Å². The fraction of sp³-hybridized carbons (Fsp3) is 0.105. The van der Waals surface area contributed by atoms with Gasteiger partial charge in [-0.3, -0.25) is 4.79 Å². The van der Waals surface area contributed by atoms with Crippen molar-refractivity contribution in [2.45, 2.75) is 13.8 Å². The number of aromatic nitrogens is 2. The molecule has 27 heavy (non-hydrogen) atoms. The Morgan fingerprint density at radius 2 is 1.59 bits per heavy atom. The van der Waals surface area contributed by atoms with Crippen LogP contribution in [0.1, 0.15) is 21.5 Å². The van der Waals surface area contributed by atoms with E-state index in [2.05, 4.69) is 20.6 Å². The maximum atomic E-state index is 13.6. The minimum atomic E-state index is -1.66. The topological polar surface area (TPSA) is 66.9 Å². The van der Waals surface area contributed by atoms with Crippen LogP contribution < -0.4 is 10.6 Å². The largest absolute Gasteiger partial charge is 0.324 e. The molecule has 0 atom stereocenters. The summed E-state index contributed by atoms with van der Waals surface area (Å²) < 4.78 is 39.8. The lowest BCUT2D eigenvalue weighted by Crippen LogP contribution is -2.15. The summed E-state index contributed by atoms with van der Waals surface area (Å²) in [6, 6.07) is 7.48. The zero-order valence-corrected chi connectivity index (χ0v) is 14.5. The average molecular weight is 372 g/mol. The van der Waals surface area contributed by atoms with Crippen molar-refractivity contribution in [3.63, 3.8) is 0 Å². The molecule has 1 amide bonds. The first-order valence-electron chi connectivity index (χ1n) is 7.96. The van der Waals surface area contributed by atoms with Gasteiger partial charge < -0.3 is 10.6 Å². The molecule has 3 rings (SSSR count). The van der Waals surface area contributed by atoms with Crippen LogP contribution in [-0.4, -0.2) is 15.9 Å². The van der Waals surface area contributed by atoms with E-state index < -0.39 is 29.0 Å². The molecule has 0 saturated carbocycles. The van der Waals surface area contributed by atoms with Crippen molar-refractivity contribution in [3.05, 3.63) is 76.9 Å². The smallest absolute Gasteiger partial charge is 0.258 e. The first-order chi connectivity index (χ1) is 12.8. The summed E-state index contributed by atoms with van der Waals surface area (Å²) in [6.07, 6.45) is 2.48. The monoisotopic (exact) mass is 372 g/mol. The average Bonchev–Trinajstić information content (AvgIpc) is 2.65. The minimum absolute atomic E-state index is 0.0327. The van der Waals surface area contributed by atoms with Crippen LogP contribution in [0.2, 0.25) is 0 Å². The van der Waals surface area contributed by atoms with E-state index in [1.165, 1.54) is 12.4 Å². The molecular formula is C19H15F3N4O. The first kappa shape index (κ1) is 18.4. The van der Waals surface area contributed by atoms with Crippen molar-refractivity contribution in [2.75, 3.05) is 10.6 Å². The Balaban J connectivity index is 1.73. The molecule has 8 heteroatoms. The quantitative estimate of drug-likeness (QED) is 0.662. The van der Waals surface area contributed by atoms with E-state index in [0.717, 1.165) is 28.9 Å². The number of nitrogens with one attached hydrogen (secondary N) is 2. The molecule has 0 aliphatic carbocycles. The Morgan fingerprint density at radius 1 is 0.926 bits per heavy atom. The number of halogens is 3. The van der Waals surface area contributed by atoms with Crippen LogP contribution in [0.15, 0.2) is 42.7 Å². The second-order valence-corrected chi connectivity index (χ2v) is 5.92. The molecule has 0 aliphatic rings. The molecule has 1 heterocycles. The van der Waals surface area contributed by atoms with Gasteiger partial charge in [0.2, 0.25) is 5.95 Å². The van der Waals surface area contributed by atoms with E-state index in [4.69, 9.17) is 0 Å². The third-order valence-corrected chi connectivity index (χ3v) is 3.83. The van der Waals surface area contributed by atoms with Crippen molar-refractivity contribution in [3.8, 4) is 0 Å². The zero-order valence-electron chi connectivity index (χ0n) is 14.5. The van der Waals surface area contributed by atoms with Crippen molar-refractivity contribution >= 4 is 23.2 Å². The standard InChI is InChI=1S/C19H15F3N4O/c1-10-3-5-14(11(2)7-10)26-19-23-8-12(9-24-19)18(27)25-15-6-4-13(20)16(21)17(15)22/h3-9H,1-2H3,(H,25,27)(H,23,24,26). The van der Waals surface area contributed by atoms with E-state index in [0.29, 0.717) is 0 Å². The van der Waals surface area contributed by atoms with Gasteiger partial charge in [0.05, 0.1) is 11.3 Å². The number of rotatable bonds is 4. The molecular weight excluding hydrogens is 357 g/mol. The Hall–Kier alpha value is -3.42. The number of carbonyl (C=O) groups is 1. The lowest BCUT2D eigenvalue weighted by molar-refractivity contribution is 0.102. The highest BCUT2D eigenvalue weighted by atomic mass is 19.2. The number of carbonyl (C=O) groups excluding carboxylic acids is 1. The van der Waals surface area contributed by atoms with Crippen LogP contribution in [-0.2, 0) is 0 Å². The molecule has 0 radical (unpaired) electrons. The second kappa shape index (κ2) is 7.45. The SMILES string of the molecule is Cc1ccc(Nc2ncc(C(=O)Nc3ccc(F)c(F)c3F)cn2)c(C)c1. The Labute approximate surface area is 153 Å². The Bertz CT molecular complexity index is 1010. The van der Waals surface area contributed by atoms with E-state index in [1.807, 2.05) is 32.0 Å². The van der Waals surface area contributed by atoms with Gasteiger partial charge in [-0.1, -0.05) is 17.7 Å². The predicted octanol–water partition coefficient (Wildman–Crippen LogP) is 4.51. The van der Waals surface area contributed by atoms with E-state index in [9.17, 15) is 18.0 Å². The highest BCUT2D eigenvalue weighted by Gasteiger charge is 2.16. The third-order valence-electron chi connectivity index (χ3n) is 3.83. The normalized spacial score (nSPS) is 10.6. The fourth-order valence-corrected chi connectivity index (χ4v) is 2.40. The van der Waals surface area contributed by atoms with Gasteiger partial charge in [-0.25, -0.2) is 23.1 Å². The van der Waals surface area contributed by atoms with Crippen LogP contribution >= 0.6 is 0 Å². The molecule has 0 unspecified atom stereocenters. The predicted molar refractivity (Wildman–Crippen MR) is 95.5 cm³/mol. The molecule has 0 fully saturated rings. The molecule has 3 aromatic rings. The molecule has 0 saturated heterocycles. The van der Waals surface area contributed by atoms with Crippen LogP contribution in [0.5, 0.6) is 0 Å². The number of amides is 1. The second-order valence-electron chi connectivity index (χ2n) is 5.92. The summed E-state index contributed by atoms with van der Waals surface area (Å²) in [6.45, 7) is 3.92. The lowest BCUT2D eigenvalue weighted by Gasteiger charge is -2.10. The number of anilines is 3. The number of hydrogen-bond acceptors (Lipinski definition) is 4. The van der Waals surface area contributed by atoms with Gasteiger partial charge in [0.15, 0.2) is 17.5 Å². The summed E-state index contributed by atoms with van der Waals surface area (Å²) in [5.74, 6) is -4.94. The Kier molecular flexibility index (Phi) is 5.07. The van der Waals surface area contributed by atoms with E-state index >= 15 is 0 Å². The number of hydrogen-bond donors (Lipinski definition) is 2. The van der Waals surface area contributed by atoms with Gasteiger partial charge >= 0.3 is 0 Å². The summed E-state index contributed by atoms with van der Waals surface area (Å²) in [5, 5.41) is 5.19. The molecule has 5 nitrogen and oxygen atoms in total. The van der Waals surface area contributed by atoms with Crippen molar-refractivity contribution in [2.24, 2.45) is 0 Å². The van der Waals surface area contributed by atoms with Crippen LogP contribution in [0.25, 0.3) is 0 Å². The van der Waals surface area contributed by atoms with Crippen LogP contribution in [0, 0.1) is 31.3 Å². The summed E-state index contributed by atoms with van der Waals surface area (Å²) in [7, 11) is 0. The zero-order chi connectivity index (χ0) is 19.6. The number of aryl methyl sites for hydroxylation is 2. The van der Waals surface area contributed by atoms with Gasteiger partial charge in [0.25, 0.3) is 5.91 Å². The first-order valence-corrected chi connectivity index (χ1v) is 7.96. The molecule has 138 valence electrons. The van der Waals surface area contributed by atoms with E-state index in [-0.39, 0.29) is 11.5 Å². The summed E-state index contributed by atoms with van der Waals surface area (Å²) in [5.41, 5.74) is 2.51. The van der Waals surface area contributed by atoms with Gasteiger partial charge in [-0.05, 0) is 37.6 Å². The van der Waals surface area contributed by atoms with Crippen molar-refractivity contribution in [1.29, 1.82) is 0 Å².